The van der Waals surface area contributed by atoms with Crippen LogP contribution in [0.1, 0.15) is 5.56 Å². The molecule has 0 N–H and O–H groups in total. The molecule has 0 saturated carbocycles. The van der Waals surface area contributed by atoms with E-state index in [1.807, 2.05) is 30.3 Å². The normalized spacial score (nSPS) is 11.0. The highest BCUT2D eigenvalue weighted by Gasteiger charge is 2.16. The van der Waals surface area contributed by atoms with Crippen LogP contribution in [0.3, 0.4) is 0 Å². The van der Waals surface area contributed by atoms with E-state index < -0.39 is 0 Å². The molecule has 2 heterocycles. The highest BCUT2D eigenvalue weighted by Crippen LogP contribution is 2.35. The summed E-state index contributed by atoms with van der Waals surface area (Å²) in [6.07, 6.45) is 1.79. The average molecular weight is 363 g/mol. The zero-order valence-corrected chi connectivity index (χ0v) is 14.8. The number of aromatic nitrogens is 2. The maximum absolute atomic E-state index is 13.3. The average Bonchev–Trinajstić information content (AvgIpc) is 3.17. The van der Waals surface area contributed by atoms with Crippen molar-refractivity contribution in [1.82, 2.24) is 9.61 Å². The minimum absolute atomic E-state index is 0.282. The van der Waals surface area contributed by atoms with Gasteiger partial charge in [0.1, 0.15) is 5.82 Å². The first kappa shape index (κ1) is 16.2. The topological polar surface area (TPSA) is 41.1 Å². The first-order valence-electron chi connectivity index (χ1n) is 8.91. The van der Waals surface area contributed by atoms with Crippen molar-refractivity contribution >= 4 is 16.3 Å². The zero-order valence-electron chi connectivity index (χ0n) is 14.8. The molecule has 0 saturated heterocycles. The number of hydrogen-bond acceptors (Lipinski definition) is 2. The summed E-state index contributed by atoms with van der Waals surface area (Å²) in [4.78, 5) is 0. The molecule has 5 rings (SSSR count). The van der Waals surface area contributed by atoms with Crippen LogP contribution in [0.25, 0.3) is 38.7 Å². The van der Waals surface area contributed by atoms with Crippen molar-refractivity contribution < 1.29 is 4.39 Å². The van der Waals surface area contributed by atoms with E-state index in [-0.39, 0.29) is 5.82 Å². The number of nitrogens with zero attached hydrogens (tertiary/aromatic N) is 3. The second-order valence-electron chi connectivity index (χ2n) is 6.61. The summed E-state index contributed by atoms with van der Waals surface area (Å²) in [5.74, 6) is -0.282. The molecule has 28 heavy (non-hydrogen) atoms. The fourth-order valence-electron chi connectivity index (χ4n) is 3.64. The van der Waals surface area contributed by atoms with Gasteiger partial charge in [-0.1, -0.05) is 42.5 Å². The van der Waals surface area contributed by atoms with Crippen molar-refractivity contribution in [2.75, 3.05) is 0 Å². The van der Waals surface area contributed by atoms with Gasteiger partial charge in [-0.2, -0.15) is 10.4 Å². The Balaban J connectivity index is 1.82. The Labute approximate surface area is 160 Å². The molecule has 0 bridgehead atoms. The fraction of sp³-hybridized carbons (Fsp3) is 0. The Morgan fingerprint density at radius 3 is 2.50 bits per heavy atom. The zero-order chi connectivity index (χ0) is 19.1. The summed E-state index contributed by atoms with van der Waals surface area (Å²) in [5, 5.41) is 16.6. The van der Waals surface area contributed by atoms with Gasteiger partial charge in [-0.05, 0) is 52.7 Å². The summed E-state index contributed by atoms with van der Waals surface area (Å²) in [5.41, 5.74) is 4.83. The van der Waals surface area contributed by atoms with Gasteiger partial charge in [0.05, 0.1) is 22.8 Å². The molecule has 3 aromatic carbocycles. The van der Waals surface area contributed by atoms with Gasteiger partial charge in [-0.25, -0.2) is 8.91 Å². The van der Waals surface area contributed by atoms with Gasteiger partial charge in [-0.15, -0.1) is 0 Å². The molecule has 0 amide bonds. The summed E-state index contributed by atoms with van der Waals surface area (Å²) in [6, 6.07) is 26.5. The minimum atomic E-state index is -0.282. The first-order valence-corrected chi connectivity index (χ1v) is 8.91. The molecule has 5 aromatic rings. The van der Waals surface area contributed by atoms with E-state index in [2.05, 4.69) is 29.4 Å². The van der Waals surface area contributed by atoms with Crippen LogP contribution in [-0.4, -0.2) is 9.61 Å². The Morgan fingerprint density at radius 1 is 0.893 bits per heavy atom. The third-order valence-electron chi connectivity index (χ3n) is 4.96. The van der Waals surface area contributed by atoms with Crippen molar-refractivity contribution in [2.45, 2.75) is 0 Å². The number of rotatable bonds is 2. The monoisotopic (exact) mass is 363 g/mol. The second kappa shape index (κ2) is 6.33. The van der Waals surface area contributed by atoms with Crippen LogP contribution >= 0.6 is 0 Å². The third kappa shape index (κ3) is 2.53. The van der Waals surface area contributed by atoms with E-state index in [1.165, 1.54) is 12.1 Å². The Kier molecular flexibility index (Phi) is 3.67. The van der Waals surface area contributed by atoms with Crippen LogP contribution in [0.5, 0.6) is 0 Å². The fourth-order valence-corrected chi connectivity index (χ4v) is 3.64. The standard InChI is InChI=1S/C24H14FN3/c25-19-10-8-17(9-11-19)22-14-23-24(18(15-26)12-13-28(23)27-22)21-7-3-5-16-4-1-2-6-20(16)21/h1-14H. The molecular formula is C24H14FN3. The molecule has 2 aromatic heterocycles. The van der Waals surface area contributed by atoms with Crippen molar-refractivity contribution in [3.05, 3.63) is 96.4 Å². The maximum atomic E-state index is 13.3. The van der Waals surface area contributed by atoms with E-state index in [9.17, 15) is 9.65 Å². The Bertz CT molecular complexity index is 1370. The molecule has 0 fully saturated rings. The first-order chi connectivity index (χ1) is 13.7. The number of fused-ring (bicyclic) bond motifs is 2. The van der Waals surface area contributed by atoms with Crippen molar-refractivity contribution in [1.29, 1.82) is 5.26 Å². The summed E-state index contributed by atoms with van der Waals surface area (Å²) in [7, 11) is 0. The SMILES string of the molecule is N#Cc1ccn2nc(-c3ccc(F)cc3)cc2c1-c1cccc2ccccc12. The lowest BCUT2D eigenvalue weighted by molar-refractivity contribution is 0.628. The largest absolute Gasteiger partial charge is 0.240 e. The van der Waals surface area contributed by atoms with Crippen molar-refractivity contribution in [3.8, 4) is 28.5 Å². The molecule has 3 nitrogen and oxygen atoms in total. The Hall–Kier alpha value is -3.97. The van der Waals surface area contributed by atoms with Crippen molar-refractivity contribution in [3.63, 3.8) is 0 Å². The predicted molar refractivity (Wildman–Crippen MR) is 108 cm³/mol. The van der Waals surface area contributed by atoms with E-state index in [0.29, 0.717) is 5.56 Å². The van der Waals surface area contributed by atoms with Crippen molar-refractivity contribution in [2.24, 2.45) is 0 Å². The molecule has 0 spiro atoms. The lowest BCUT2D eigenvalue weighted by Crippen LogP contribution is -1.94. The quantitative estimate of drug-likeness (QED) is 0.396. The molecule has 0 aliphatic rings. The number of hydrogen-bond donors (Lipinski definition) is 0. The molecule has 0 aliphatic heterocycles. The number of benzene rings is 3. The minimum Gasteiger partial charge on any atom is -0.240 e. The lowest BCUT2D eigenvalue weighted by atomic mass is 9.94. The van der Waals surface area contributed by atoms with E-state index in [0.717, 1.165) is 38.7 Å². The van der Waals surface area contributed by atoms with Gasteiger partial charge in [-0.3, -0.25) is 0 Å². The van der Waals surface area contributed by atoms with Gasteiger partial charge < -0.3 is 0 Å². The van der Waals surface area contributed by atoms with E-state index >= 15 is 0 Å². The van der Waals surface area contributed by atoms with Gasteiger partial charge in [0.15, 0.2) is 0 Å². The summed E-state index contributed by atoms with van der Waals surface area (Å²) < 4.78 is 15.1. The van der Waals surface area contributed by atoms with E-state index in [1.54, 1.807) is 28.9 Å². The molecule has 0 aliphatic carbocycles. The maximum Gasteiger partial charge on any atom is 0.123 e. The summed E-state index contributed by atoms with van der Waals surface area (Å²) >= 11 is 0. The molecule has 0 atom stereocenters. The molecule has 0 unspecified atom stereocenters. The van der Waals surface area contributed by atoms with Crippen LogP contribution in [-0.2, 0) is 0 Å². The van der Waals surface area contributed by atoms with Crippen LogP contribution in [0, 0.1) is 17.1 Å². The number of halogens is 1. The van der Waals surface area contributed by atoms with Gasteiger partial charge in [0.2, 0.25) is 0 Å². The third-order valence-corrected chi connectivity index (χ3v) is 4.96. The lowest BCUT2D eigenvalue weighted by Gasteiger charge is -2.10. The predicted octanol–water partition coefficient (Wildman–Crippen LogP) is 5.83. The number of nitriles is 1. The Morgan fingerprint density at radius 2 is 1.68 bits per heavy atom. The van der Waals surface area contributed by atoms with Gasteiger partial charge >= 0.3 is 0 Å². The van der Waals surface area contributed by atoms with E-state index in [4.69, 9.17) is 0 Å². The number of pyridine rings is 1. The van der Waals surface area contributed by atoms with Crippen LogP contribution < -0.4 is 0 Å². The van der Waals surface area contributed by atoms with Crippen LogP contribution in [0.4, 0.5) is 4.39 Å². The van der Waals surface area contributed by atoms with Gasteiger partial charge in [0.25, 0.3) is 0 Å². The highest BCUT2D eigenvalue weighted by atomic mass is 19.1. The molecular weight excluding hydrogens is 349 g/mol. The molecule has 0 radical (unpaired) electrons. The second-order valence-corrected chi connectivity index (χ2v) is 6.61. The highest BCUT2D eigenvalue weighted by molar-refractivity contribution is 6.02. The summed E-state index contributed by atoms with van der Waals surface area (Å²) in [6.45, 7) is 0. The molecule has 132 valence electrons. The van der Waals surface area contributed by atoms with Gasteiger partial charge in [0, 0.05) is 17.3 Å². The van der Waals surface area contributed by atoms with Crippen LogP contribution in [0.15, 0.2) is 85.1 Å². The van der Waals surface area contributed by atoms with Crippen LogP contribution in [0.2, 0.25) is 0 Å². The smallest absolute Gasteiger partial charge is 0.123 e. The molecule has 4 heteroatoms.